The van der Waals surface area contributed by atoms with E-state index in [0.29, 0.717) is 16.3 Å². The van der Waals surface area contributed by atoms with Gasteiger partial charge >= 0.3 is 0 Å². The Bertz CT molecular complexity index is 775. The molecule has 0 aliphatic carbocycles. The van der Waals surface area contributed by atoms with Crippen LogP contribution in [-0.2, 0) is 4.79 Å². The first-order valence-electron chi connectivity index (χ1n) is 7.95. The van der Waals surface area contributed by atoms with Gasteiger partial charge in [-0.2, -0.15) is 0 Å². The lowest BCUT2D eigenvalue weighted by Gasteiger charge is -2.15. The van der Waals surface area contributed by atoms with Crippen LogP contribution in [0.5, 0.6) is 5.75 Å². The number of carbonyl (C=O) groups is 2. The lowest BCUT2D eigenvalue weighted by atomic mass is 10.0. The van der Waals surface area contributed by atoms with Gasteiger partial charge in [-0.15, -0.1) is 0 Å². The Morgan fingerprint density at radius 1 is 1.12 bits per heavy atom. The molecule has 2 aromatic carbocycles. The highest BCUT2D eigenvalue weighted by Crippen LogP contribution is 2.27. The summed E-state index contributed by atoms with van der Waals surface area (Å²) in [5.74, 6) is 0.0494. The van der Waals surface area contributed by atoms with Crippen molar-refractivity contribution < 1.29 is 14.3 Å². The SMILES string of the molecule is Cc1ccc(C(C)C)c(OCC(=O)NNC(=O)c2cccc(Cl)c2)c1. The summed E-state index contributed by atoms with van der Waals surface area (Å²) in [5.41, 5.74) is 7.10. The molecule has 0 unspecified atom stereocenters. The Morgan fingerprint density at radius 3 is 2.56 bits per heavy atom. The van der Waals surface area contributed by atoms with Crippen LogP contribution in [-0.4, -0.2) is 18.4 Å². The van der Waals surface area contributed by atoms with Crippen LogP contribution in [0.1, 0.15) is 41.3 Å². The minimum Gasteiger partial charge on any atom is -0.483 e. The number of benzene rings is 2. The van der Waals surface area contributed by atoms with Crippen molar-refractivity contribution in [2.75, 3.05) is 6.61 Å². The van der Waals surface area contributed by atoms with E-state index < -0.39 is 11.8 Å². The van der Waals surface area contributed by atoms with Gasteiger partial charge in [0.05, 0.1) is 0 Å². The van der Waals surface area contributed by atoms with E-state index in [2.05, 4.69) is 24.7 Å². The molecule has 25 heavy (non-hydrogen) atoms. The molecule has 2 N–H and O–H groups in total. The maximum atomic E-state index is 11.9. The predicted molar refractivity (Wildman–Crippen MR) is 97.8 cm³/mol. The van der Waals surface area contributed by atoms with Crippen molar-refractivity contribution in [3.05, 3.63) is 64.2 Å². The number of rotatable bonds is 5. The van der Waals surface area contributed by atoms with E-state index in [9.17, 15) is 9.59 Å². The number of amides is 2. The summed E-state index contributed by atoms with van der Waals surface area (Å²) in [4.78, 5) is 23.8. The minimum atomic E-state index is -0.452. The molecule has 0 bridgehead atoms. The molecule has 0 heterocycles. The van der Waals surface area contributed by atoms with Crippen molar-refractivity contribution >= 4 is 23.4 Å². The summed E-state index contributed by atoms with van der Waals surface area (Å²) in [6.07, 6.45) is 0. The van der Waals surface area contributed by atoms with Crippen molar-refractivity contribution in [3.63, 3.8) is 0 Å². The Hall–Kier alpha value is -2.53. The van der Waals surface area contributed by atoms with E-state index in [0.717, 1.165) is 11.1 Å². The van der Waals surface area contributed by atoms with E-state index in [1.165, 1.54) is 6.07 Å². The Kier molecular flexibility index (Phi) is 6.42. The van der Waals surface area contributed by atoms with Gasteiger partial charge in [-0.1, -0.05) is 43.6 Å². The van der Waals surface area contributed by atoms with Crippen LogP contribution in [0.3, 0.4) is 0 Å². The van der Waals surface area contributed by atoms with Crippen LogP contribution in [0.15, 0.2) is 42.5 Å². The number of halogens is 1. The van der Waals surface area contributed by atoms with Crippen LogP contribution >= 0.6 is 11.6 Å². The maximum Gasteiger partial charge on any atom is 0.276 e. The lowest BCUT2D eigenvalue weighted by molar-refractivity contribution is -0.123. The van der Waals surface area contributed by atoms with Gasteiger partial charge in [0.1, 0.15) is 5.75 Å². The average Bonchev–Trinajstić information content (AvgIpc) is 2.57. The van der Waals surface area contributed by atoms with Gasteiger partial charge in [0, 0.05) is 10.6 Å². The molecule has 0 aliphatic heterocycles. The number of aryl methyl sites for hydroxylation is 1. The van der Waals surface area contributed by atoms with Gasteiger partial charge in [-0.05, 0) is 48.2 Å². The largest absolute Gasteiger partial charge is 0.483 e. The zero-order chi connectivity index (χ0) is 18.4. The quantitative estimate of drug-likeness (QED) is 0.800. The first-order valence-corrected chi connectivity index (χ1v) is 8.32. The molecule has 132 valence electrons. The van der Waals surface area contributed by atoms with Crippen molar-refractivity contribution in [2.24, 2.45) is 0 Å². The fourth-order valence-electron chi connectivity index (χ4n) is 2.25. The molecule has 2 rings (SSSR count). The predicted octanol–water partition coefficient (Wildman–Crippen LogP) is 3.61. The average molecular weight is 361 g/mol. The molecule has 0 saturated heterocycles. The standard InChI is InChI=1S/C19H21ClN2O3/c1-12(2)16-8-7-13(3)9-17(16)25-11-18(23)21-22-19(24)14-5-4-6-15(20)10-14/h4-10,12H,11H2,1-3H3,(H,21,23)(H,22,24). The number of carbonyl (C=O) groups excluding carboxylic acids is 2. The second-order valence-corrected chi connectivity index (χ2v) is 6.43. The van der Waals surface area contributed by atoms with Gasteiger partial charge in [0.25, 0.3) is 11.8 Å². The number of hydrogen-bond acceptors (Lipinski definition) is 3. The topological polar surface area (TPSA) is 67.4 Å². The fourth-order valence-corrected chi connectivity index (χ4v) is 2.44. The molecule has 0 fully saturated rings. The molecule has 0 aromatic heterocycles. The van der Waals surface area contributed by atoms with Crippen LogP contribution in [0.2, 0.25) is 5.02 Å². The molecule has 2 amide bonds. The van der Waals surface area contributed by atoms with E-state index >= 15 is 0 Å². The molecule has 0 radical (unpaired) electrons. The van der Waals surface area contributed by atoms with Gasteiger partial charge in [0.2, 0.25) is 0 Å². The molecular weight excluding hydrogens is 340 g/mol. The first kappa shape index (κ1) is 18.8. The number of hydrogen-bond donors (Lipinski definition) is 2. The Labute approximate surface area is 152 Å². The summed E-state index contributed by atoms with van der Waals surface area (Å²) in [6.45, 7) is 5.88. The van der Waals surface area contributed by atoms with Gasteiger partial charge < -0.3 is 4.74 Å². The first-order chi connectivity index (χ1) is 11.9. The minimum absolute atomic E-state index is 0.195. The monoisotopic (exact) mass is 360 g/mol. The van der Waals surface area contributed by atoms with Crippen LogP contribution in [0.25, 0.3) is 0 Å². The Balaban J connectivity index is 1.89. The molecule has 0 aliphatic rings. The molecule has 6 heteroatoms. The third-order valence-corrected chi connectivity index (χ3v) is 3.79. The number of ether oxygens (including phenoxy) is 1. The third-order valence-electron chi connectivity index (χ3n) is 3.55. The second-order valence-electron chi connectivity index (χ2n) is 6.00. The van der Waals surface area contributed by atoms with Gasteiger partial charge in [-0.25, -0.2) is 0 Å². The zero-order valence-electron chi connectivity index (χ0n) is 14.4. The molecule has 0 atom stereocenters. The van der Waals surface area contributed by atoms with Crippen LogP contribution < -0.4 is 15.6 Å². The highest BCUT2D eigenvalue weighted by molar-refractivity contribution is 6.30. The van der Waals surface area contributed by atoms with Crippen molar-refractivity contribution in [2.45, 2.75) is 26.7 Å². The molecule has 5 nitrogen and oxygen atoms in total. The lowest BCUT2D eigenvalue weighted by Crippen LogP contribution is -2.43. The number of hydrazine groups is 1. The Morgan fingerprint density at radius 2 is 1.88 bits per heavy atom. The van der Waals surface area contributed by atoms with E-state index in [1.807, 2.05) is 25.1 Å². The zero-order valence-corrected chi connectivity index (χ0v) is 15.2. The smallest absolute Gasteiger partial charge is 0.276 e. The van der Waals surface area contributed by atoms with Crippen molar-refractivity contribution in [1.29, 1.82) is 0 Å². The maximum absolute atomic E-state index is 11.9. The highest BCUT2D eigenvalue weighted by atomic mass is 35.5. The highest BCUT2D eigenvalue weighted by Gasteiger charge is 2.11. The third kappa shape index (κ3) is 5.50. The molecule has 2 aromatic rings. The van der Waals surface area contributed by atoms with Crippen LogP contribution in [0, 0.1) is 6.92 Å². The molecule has 0 saturated carbocycles. The van der Waals surface area contributed by atoms with E-state index in [1.54, 1.807) is 18.2 Å². The fraction of sp³-hybridized carbons (Fsp3) is 0.263. The summed E-state index contributed by atoms with van der Waals surface area (Å²) >= 11 is 5.83. The molecule has 0 spiro atoms. The summed E-state index contributed by atoms with van der Waals surface area (Å²) in [5, 5.41) is 0.447. The van der Waals surface area contributed by atoms with Crippen LogP contribution in [0.4, 0.5) is 0 Å². The van der Waals surface area contributed by atoms with E-state index in [4.69, 9.17) is 16.3 Å². The van der Waals surface area contributed by atoms with Crippen molar-refractivity contribution in [1.82, 2.24) is 10.9 Å². The number of nitrogens with one attached hydrogen (secondary N) is 2. The molecular formula is C19H21ClN2O3. The summed E-state index contributed by atoms with van der Waals surface area (Å²) in [6, 6.07) is 12.3. The summed E-state index contributed by atoms with van der Waals surface area (Å²) < 4.78 is 5.61. The summed E-state index contributed by atoms with van der Waals surface area (Å²) in [7, 11) is 0. The van der Waals surface area contributed by atoms with Crippen molar-refractivity contribution in [3.8, 4) is 5.75 Å². The normalized spacial score (nSPS) is 10.4. The second kappa shape index (κ2) is 8.53. The van der Waals surface area contributed by atoms with E-state index in [-0.39, 0.29) is 12.5 Å². The van der Waals surface area contributed by atoms with Gasteiger partial charge in [-0.3, -0.25) is 20.4 Å². The van der Waals surface area contributed by atoms with Gasteiger partial charge in [0.15, 0.2) is 6.61 Å².